The number of carbonyl (C=O) groups excluding carboxylic acids is 1. The van der Waals surface area contributed by atoms with Crippen molar-refractivity contribution in [2.75, 3.05) is 33.8 Å². The average molecular weight is 540 g/mol. The second kappa shape index (κ2) is 10.9. The highest BCUT2D eigenvalue weighted by atomic mass is 32.2. The Kier molecular flexibility index (Phi) is 8.15. The Hall–Kier alpha value is -3.71. The largest absolute Gasteiger partial charge is 0.494 e. The second-order valence-corrected chi connectivity index (χ2v) is 11.1. The fourth-order valence-electron chi connectivity index (χ4n) is 3.09. The number of amides is 1. The van der Waals surface area contributed by atoms with Gasteiger partial charge in [-0.25, -0.2) is 25.6 Å². The number of sulfonamides is 2. The number of nitrogens with zero attached hydrogens (tertiary/aromatic N) is 1. The van der Waals surface area contributed by atoms with Gasteiger partial charge in [-0.2, -0.15) is 0 Å². The van der Waals surface area contributed by atoms with Crippen molar-refractivity contribution in [3.8, 4) is 5.75 Å². The molecule has 0 aliphatic carbocycles. The molecule has 0 saturated heterocycles. The minimum Gasteiger partial charge on any atom is -0.494 e. The first-order valence-electron chi connectivity index (χ1n) is 10.5. The van der Waals surface area contributed by atoms with Gasteiger partial charge < -0.3 is 10.1 Å². The van der Waals surface area contributed by atoms with Crippen LogP contribution in [0, 0.1) is 11.6 Å². The normalized spacial score (nSPS) is 11.6. The lowest BCUT2D eigenvalue weighted by Crippen LogP contribution is -2.37. The third-order valence-corrected chi connectivity index (χ3v) is 7.28. The SMILES string of the molecule is CCOc1ccc(NS(=O)(=O)c2ccc(NC(=O)CN(c3ccc(F)c(F)c3)S(C)(=O)=O)cc2)cc1. The maximum atomic E-state index is 13.6. The summed E-state index contributed by atoms with van der Waals surface area (Å²) in [5.41, 5.74) is 0.293. The van der Waals surface area contributed by atoms with Crippen molar-refractivity contribution in [1.82, 2.24) is 0 Å². The quantitative estimate of drug-likeness (QED) is 0.406. The molecule has 36 heavy (non-hydrogen) atoms. The average Bonchev–Trinajstić information content (AvgIpc) is 2.80. The fourth-order valence-corrected chi connectivity index (χ4v) is 5.00. The van der Waals surface area contributed by atoms with Crippen molar-refractivity contribution >= 4 is 43.0 Å². The molecule has 0 fully saturated rings. The van der Waals surface area contributed by atoms with Crippen LogP contribution in [0.5, 0.6) is 5.75 Å². The van der Waals surface area contributed by atoms with Crippen LogP contribution in [0.2, 0.25) is 0 Å². The van der Waals surface area contributed by atoms with Crippen molar-refractivity contribution in [3.05, 3.63) is 78.4 Å². The molecule has 3 aromatic rings. The highest BCUT2D eigenvalue weighted by Gasteiger charge is 2.22. The van der Waals surface area contributed by atoms with Gasteiger partial charge >= 0.3 is 0 Å². The lowest BCUT2D eigenvalue weighted by molar-refractivity contribution is -0.114. The Morgan fingerprint density at radius 2 is 1.50 bits per heavy atom. The maximum absolute atomic E-state index is 13.6. The summed E-state index contributed by atoms with van der Waals surface area (Å²) in [6.07, 6.45) is 0.818. The summed E-state index contributed by atoms with van der Waals surface area (Å²) in [6, 6.07) is 14.0. The van der Waals surface area contributed by atoms with Crippen LogP contribution in [0.1, 0.15) is 6.92 Å². The van der Waals surface area contributed by atoms with E-state index in [9.17, 15) is 30.4 Å². The molecule has 3 rings (SSSR count). The van der Waals surface area contributed by atoms with Gasteiger partial charge in [0.25, 0.3) is 10.0 Å². The molecule has 0 atom stereocenters. The third-order valence-electron chi connectivity index (χ3n) is 4.74. The number of carbonyl (C=O) groups is 1. The fraction of sp³-hybridized carbons (Fsp3) is 0.174. The molecular formula is C23H23F2N3O6S2. The predicted octanol–water partition coefficient (Wildman–Crippen LogP) is 3.57. The highest BCUT2D eigenvalue weighted by Crippen LogP contribution is 2.22. The molecule has 0 saturated carbocycles. The maximum Gasteiger partial charge on any atom is 0.261 e. The smallest absolute Gasteiger partial charge is 0.261 e. The van der Waals surface area contributed by atoms with Gasteiger partial charge in [0, 0.05) is 17.4 Å². The van der Waals surface area contributed by atoms with Crippen LogP contribution in [0.4, 0.5) is 25.8 Å². The van der Waals surface area contributed by atoms with Crippen molar-refractivity contribution in [2.24, 2.45) is 0 Å². The number of benzene rings is 3. The Morgan fingerprint density at radius 3 is 2.06 bits per heavy atom. The van der Waals surface area contributed by atoms with Gasteiger partial charge in [-0.05, 0) is 67.6 Å². The van der Waals surface area contributed by atoms with Gasteiger partial charge in [-0.15, -0.1) is 0 Å². The van der Waals surface area contributed by atoms with E-state index in [1.54, 1.807) is 24.3 Å². The van der Waals surface area contributed by atoms with Gasteiger partial charge in [-0.1, -0.05) is 0 Å². The molecule has 0 bridgehead atoms. The molecule has 0 spiro atoms. The van der Waals surface area contributed by atoms with Crippen LogP contribution in [0.25, 0.3) is 0 Å². The Morgan fingerprint density at radius 1 is 0.889 bits per heavy atom. The van der Waals surface area contributed by atoms with Crippen LogP contribution in [0.15, 0.2) is 71.6 Å². The monoisotopic (exact) mass is 539 g/mol. The van der Waals surface area contributed by atoms with E-state index in [4.69, 9.17) is 4.74 Å². The molecule has 0 aromatic heterocycles. The number of hydrogen-bond acceptors (Lipinski definition) is 6. The predicted molar refractivity (Wildman–Crippen MR) is 132 cm³/mol. The molecule has 0 aliphatic heterocycles. The summed E-state index contributed by atoms with van der Waals surface area (Å²) in [7, 11) is -7.93. The van der Waals surface area contributed by atoms with Crippen LogP contribution in [-0.4, -0.2) is 42.2 Å². The Labute approximate surface area is 207 Å². The summed E-state index contributed by atoms with van der Waals surface area (Å²) >= 11 is 0. The molecule has 2 N–H and O–H groups in total. The van der Waals surface area contributed by atoms with Gasteiger partial charge in [0.05, 0.1) is 23.4 Å². The van der Waals surface area contributed by atoms with Gasteiger partial charge in [0.1, 0.15) is 12.3 Å². The summed E-state index contributed by atoms with van der Waals surface area (Å²) in [6.45, 7) is 1.59. The topological polar surface area (TPSA) is 122 Å². The molecule has 0 unspecified atom stereocenters. The molecule has 9 nitrogen and oxygen atoms in total. The van der Waals surface area contributed by atoms with E-state index in [0.29, 0.717) is 28.4 Å². The van der Waals surface area contributed by atoms with Gasteiger partial charge in [-0.3, -0.25) is 13.8 Å². The van der Waals surface area contributed by atoms with Crippen LogP contribution < -0.4 is 19.1 Å². The molecule has 0 aliphatic rings. The molecule has 0 heterocycles. The summed E-state index contributed by atoms with van der Waals surface area (Å²) in [5.74, 6) is -2.62. The molecule has 1 amide bonds. The van der Waals surface area contributed by atoms with E-state index >= 15 is 0 Å². The van der Waals surface area contributed by atoms with Crippen molar-refractivity contribution in [3.63, 3.8) is 0 Å². The molecule has 13 heteroatoms. The number of nitrogens with one attached hydrogen (secondary N) is 2. The summed E-state index contributed by atoms with van der Waals surface area (Å²) in [4.78, 5) is 12.4. The number of anilines is 3. The lowest BCUT2D eigenvalue weighted by atomic mass is 10.3. The van der Waals surface area contributed by atoms with Gasteiger partial charge in [0.15, 0.2) is 11.6 Å². The minimum atomic E-state index is -4.01. The molecule has 0 radical (unpaired) electrons. The first kappa shape index (κ1) is 26.9. The van der Waals surface area contributed by atoms with Crippen LogP contribution in [0.3, 0.4) is 0 Å². The molecule has 192 valence electrons. The Bertz CT molecular complexity index is 1450. The number of halogens is 2. The van der Waals surface area contributed by atoms with Crippen molar-refractivity contribution < 1.29 is 35.1 Å². The van der Waals surface area contributed by atoms with E-state index in [1.165, 1.54) is 24.3 Å². The standard InChI is InChI=1S/C23H23F2N3O6S2/c1-3-34-19-9-4-17(5-10-19)27-36(32,33)20-11-6-16(7-12-20)26-23(29)15-28(35(2,30)31)18-8-13-21(24)22(25)14-18/h4-14,27H,3,15H2,1-2H3,(H,26,29). The Balaban J connectivity index is 1.69. The number of hydrogen-bond donors (Lipinski definition) is 2. The zero-order chi connectivity index (χ0) is 26.5. The third kappa shape index (κ3) is 6.92. The molecular weight excluding hydrogens is 516 g/mol. The van der Waals surface area contributed by atoms with E-state index in [0.717, 1.165) is 18.4 Å². The molecule has 3 aromatic carbocycles. The van der Waals surface area contributed by atoms with Crippen molar-refractivity contribution in [1.29, 1.82) is 0 Å². The summed E-state index contributed by atoms with van der Waals surface area (Å²) < 4.78 is 84.7. The second-order valence-electron chi connectivity index (χ2n) is 7.50. The lowest BCUT2D eigenvalue weighted by Gasteiger charge is -2.22. The summed E-state index contributed by atoms with van der Waals surface area (Å²) in [5, 5.41) is 2.44. The van der Waals surface area contributed by atoms with Gasteiger partial charge in [0.2, 0.25) is 15.9 Å². The first-order valence-corrected chi connectivity index (χ1v) is 13.8. The van der Waals surface area contributed by atoms with E-state index in [1.807, 2.05) is 6.92 Å². The van der Waals surface area contributed by atoms with Crippen molar-refractivity contribution in [2.45, 2.75) is 11.8 Å². The zero-order valence-corrected chi connectivity index (χ0v) is 20.9. The van der Waals surface area contributed by atoms with E-state index in [-0.39, 0.29) is 16.3 Å². The minimum absolute atomic E-state index is 0.0751. The highest BCUT2D eigenvalue weighted by molar-refractivity contribution is 7.92. The number of rotatable bonds is 10. The van der Waals surface area contributed by atoms with Crippen LogP contribution >= 0.6 is 0 Å². The zero-order valence-electron chi connectivity index (χ0n) is 19.2. The number of ether oxygens (including phenoxy) is 1. The van der Waals surface area contributed by atoms with E-state index < -0.39 is 44.1 Å². The first-order chi connectivity index (χ1) is 16.9. The van der Waals surface area contributed by atoms with Crippen LogP contribution in [-0.2, 0) is 24.8 Å². The van der Waals surface area contributed by atoms with E-state index in [2.05, 4.69) is 10.0 Å².